The molecule has 6 heteroatoms. The molecule has 5 nitrogen and oxygen atoms in total. The van der Waals surface area contributed by atoms with E-state index in [0.717, 1.165) is 5.56 Å². The summed E-state index contributed by atoms with van der Waals surface area (Å²) in [5.74, 6) is -0.526. The first kappa shape index (κ1) is 16.9. The van der Waals surface area contributed by atoms with E-state index in [1.165, 1.54) is 0 Å². The molecule has 0 aromatic heterocycles. The second-order valence-electron chi connectivity index (χ2n) is 4.07. The first-order chi connectivity index (χ1) is 9.48. The molecular formula is C14H21O5P. The van der Waals surface area contributed by atoms with Crippen LogP contribution in [-0.4, -0.2) is 25.8 Å². The molecule has 0 aliphatic carbocycles. The summed E-state index contributed by atoms with van der Waals surface area (Å²) in [5, 5.41) is 0.264. The smallest absolute Gasteiger partial charge is 0.362 e. The average Bonchev–Trinajstić information content (AvgIpc) is 2.39. The number of benzene rings is 1. The molecule has 0 N–H and O–H groups in total. The predicted octanol–water partition coefficient (Wildman–Crippen LogP) is 3.06. The van der Waals surface area contributed by atoms with E-state index in [9.17, 15) is 9.36 Å². The van der Waals surface area contributed by atoms with Gasteiger partial charge in [-0.1, -0.05) is 11.6 Å². The lowest BCUT2D eigenvalue weighted by Gasteiger charge is -2.20. The molecule has 0 heterocycles. The van der Waals surface area contributed by atoms with Gasteiger partial charge in [-0.2, -0.15) is 0 Å². The standard InChI is InChI=1S/C14H21O5P/c1-5-17-14(15)12-9-8-11(4)10-13(12)20(16,18-6-2)19-7-3/h8-10H,5-7H2,1-4H3. The van der Waals surface area contributed by atoms with Gasteiger partial charge in [0.15, 0.2) is 0 Å². The molecule has 0 aliphatic heterocycles. The van der Waals surface area contributed by atoms with E-state index in [2.05, 4.69) is 0 Å². The van der Waals surface area contributed by atoms with Crippen LogP contribution >= 0.6 is 7.60 Å². The third kappa shape index (κ3) is 3.92. The van der Waals surface area contributed by atoms with Crippen LogP contribution in [0.4, 0.5) is 0 Å². The van der Waals surface area contributed by atoms with Crippen molar-refractivity contribution in [3.05, 3.63) is 29.3 Å². The molecule has 1 aromatic carbocycles. The molecule has 0 atom stereocenters. The van der Waals surface area contributed by atoms with Gasteiger partial charge in [-0.3, -0.25) is 4.57 Å². The van der Waals surface area contributed by atoms with Gasteiger partial charge in [0.05, 0.1) is 30.7 Å². The minimum atomic E-state index is -3.51. The van der Waals surface area contributed by atoms with E-state index < -0.39 is 13.6 Å². The highest BCUT2D eigenvalue weighted by Gasteiger charge is 2.32. The molecular weight excluding hydrogens is 279 g/mol. The first-order valence-corrected chi connectivity index (χ1v) is 8.20. The van der Waals surface area contributed by atoms with Crippen molar-refractivity contribution in [2.24, 2.45) is 0 Å². The van der Waals surface area contributed by atoms with E-state index >= 15 is 0 Å². The molecule has 0 amide bonds. The van der Waals surface area contributed by atoms with Gasteiger partial charge >= 0.3 is 13.6 Å². The molecule has 0 aliphatic rings. The lowest BCUT2D eigenvalue weighted by Crippen LogP contribution is -2.21. The number of ether oxygens (including phenoxy) is 1. The van der Waals surface area contributed by atoms with Crippen molar-refractivity contribution in [3.63, 3.8) is 0 Å². The molecule has 0 bridgehead atoms. The second kappa shape index (κ2) is 7.58. The highest BCUT2D eigenvalue weighted by atomic mass is 31.2. The second-order valence-corrected chi connectivity index (χ2v) is 6.07. The number of carbonyl (C=O) groups excluding carboxylic acids is 1. The van der Waals surface area contributed by atoms with Crippen LogP contribution in [0.1, 0.15) is 36.7 Å². The maximum absolute atomic E-state index is 12.8. The van der Waals surface area contributed by atoms with E-state index in [0.29, 0.717) is 0 Å². The summed E-state index contributed by atoms with van der Waals surface area (Å²) in [6.07, 6.45) is 0. The van der Waals surface area contributed by atoms with Crippen LogP contribution in [0, 0.1) is 6.92 Å². The van der Waals surface area contributed by atoms with E-state index in [1.807, 2.05) is 6.92 Å². The van der Waals surface area contributed by atoms with E-state index in [-0.39, 0.29) is 30.7 Å². The summed E-state index contributed by atoms with van der Waals surface area (Å²) < 4.78 is 28.4. The Morgan fingerprint density at radius 3 is 2.20 bits per heavy atom. The van der Waals surface area contributed by atoms with Crippen molar-refractivity contribution in [2.45, 2.75) is 27.7 Å². The zero-order valence-corrected chi connectivity index (χ0v) is 13.2. The Kier molecular flexibility index (Phi) is 6.40. The van der Waals surface area contributed by atoms with Crippen molar-refractivity contribution < 1.29 is 23.1 Å². The minimum absolute atomic E-state index is 0.225. The maximum Gasteiger partial charge on any atom is 0.362 e. The number of rotatable bonds is 7. The fraction of sp³-hybridized carbons (Fsp3) is 0.500. The number of carbonyl (C=O) groups is 1. The van der Waals surface area contributed by atoms with Gasteiger partial charge in [0.1, 0.15) is 0 Å². The lowest BCUT2D eigenvalue weighted by molar-refractivity contribution is 0.0527. The van der Waals surface area contributed by atoms with Crippen molar-refractivity contribution >= 4 is 18.9 Å². The van der Waals surface area contributed by atoms with Crippen molar-refractivity contribution in [1.29, 1.82) is 0 Å². The largest absolute Gasteiger partial charge is 0.462 e. The fourth-order valence-corrected chi connectivity index (χ4v) is 3.62. The zero-order valence-electron chi connectivity index (χ0n) is 12.3. The van der Waals surface area contributed by atoms with Gasteiger partial charge in [0, 0.05) is 0 Å². The average molecular weight is 300 g/mol. The zero-order chi connectivity index (χ0) is 15.2. The normalized spacial score (nSPS) is 11.4. The summed E-state index contributed by atoms with van der Waals surface area (Å²) in [4.78, 5) is 12.0. The Balaban J connectivity index is 3.35. The van der Waals surface area contributed by atoms with Gasteiger partial charge in [-0.25, -0.2) is 4.79 Å². The maximum atomic E-state index is 12.8. The number of aryl methyl sites for hydroxylation is 1. The predicted molar refractivity (Wildman–Crippen MR) is 77.6 cm³/mol. The highest BCUT2D eigenvalue weighted by molar-refractivity contribution is 7.62. The number of hydrogen-bond acceptors (Lipinski definition) is 5. The van der Waals surface area contributed by atoms with Crippen LogP contribution < -0.4 is 5.30 Å². The van der Waals surface area contributed by atoms with Crippen LogP contribution in [0.2, 0.25) is 0 Å². The fourth-order valence-electron chi connectivity index (χ4n) is 1.77. The molecule has 1 aromatic rings. The molecule has 20 heavy (non-hydrogen) atoms. The topological polar surface area (TPSA) is 61.8 Å². The van der Waals surface area contributed by atoms with Gasteiger partial charge in [0.2, 0.25) is 0 Å². The van der Waals surface area contributed by atoms with Gasteiger partial charge in [-0.15, -0.1) is 0 Å². The Hall–Kier alpha value is -1.16. The quantitative estimate of drug-likeness (QED) is 0.572. The molecule has 0 saturated carbocycles. The Morgan fingerprint density at radius 2 is 1.70 bits per heavy atom. The molecule has 0 fully saturated rings. The summed E-state index contributed by atoms with van der Waals surface area (Å²) in [6, 6.07) is 5.00. The minimum Gasteiger partial charge on any atom is -0.462 e. The molecule has 0 saturated heterocycles. The van der Waals surface area contributed by atoms with Gasteiger partial charge in [-0.05, 0) is 39.8 Å². The molecule has 112 valence electrons. The van der Waals surface area contributed by atoms with Crippen LogP contribution in [0.5, 0.6) is 0 Å². The Bertz CT molecular complexity index is 502. The van der Waals surface area contributed by atoms with Crippen molar-refractivity contribution in [2.75, 3.05) is 19.8 Å². The van der Waals surface area contributed by atoms with Crippen LogP contribution in [0.3, 0.4) is 0 Å². The summed E-state index contributed by atoms with van der Waals surface area (Å²) >= 11 is 0. The number of esters is 1. The molecule has 0 radical (unpaired) electrons. The summed E-state index contributed by atoms with van der Waals surface area (Å²) in [6.45, 7) is 7.73. The molecule has 0 unspecified atom stereocenters. The number of hydrogen-bond donors (Lipinski definition) is 0. The summed E-state index contributed by atoms with van der Waals surface area (Å²) in [5.41, 5.74) is 1.09. The highest BCUT2D eigenvalue weighted by Crippen LogP contribution is 2.47. The van der Waals surface area contributed by atoms with Crippen LogP contribution in [0.15, 0.2) is 18.2 Å². The summed E-state index contributed by atoms with van der Waals surface area (Å²) in [7, 11) is -3.51. The first-order valence-electron chi connectivity index (χ1n) is 6.65. The van der Waals surface area contributed by atoms with Crippen molar-refractivity contribution in [1.82, 2.24) is 0 Å². The van der Waals surface area contributed by atoms with E-state index in [1.54, 1.807) is 39.0 Å². The Morgan fingerprint density at radius 1 is 1.10 bits per heavy atom. The molecule has 1 rings (SSSR count). The van der Waals surface area contributed by atoms with Crippen molar-refractivity contribution in [3.8, 4) is 0 Å². The van der Waals surface area contributed by atoms with Gasteiger partial charge < -0.3 is 13.8 Å². The Labute approximate surface area is 119 Å². The SMILES string of the molecule is CCOC(=O)c1ccc(C)cc1P(=O)(OCC)OCC. The third-order valence-electron chi connectivity index (χ3n) is 2.54. The van der Waals surface area contributed by atoms with E-state index in [4.69, 9.17) is 13.8 Å². The van der Waals surface area contributed by atoms with Crippen LogP contribution in [-0.2, 0) is 18.3 Å². The van der Waals surface area contributed by atoms with Gasteiger partial charge in [0.25, 0.3) is 0 Å². The third-order valence-corrected chi connectivity index (χ3v) is 4.70. The molecule has 0 spiro atoms. The monoisotopic (exact) mass is 300 g/mol. The lowest BCUT2D eigenvalue weighted by atomic mass is 10.1. The van der Waals surface area contributed by atoms with Crippen LogP contribution in [0.25, 0.3) is 0 Å².